The summed E-state index contributed by atoms with van der Waals surface area (Å²) in [6, 6.07) is 2.54. The molecule has 1 aromatic rings. The third kappa shape index (κ3) is 2.04. The fraction of sp³-hybridized carbons (Fsp3) is 0.125. The highest BCUT2D eigenvalue weighted by atomic mass is 79.9. The van der Waals surface area contributed by atoms with Gasteiger partial charge in [-0.05, 0) is 28.1 Å². The monoisotopic (exact) mass is 267 g/mol. The van der Waals surface area contributed by atoms with E-state index in [2.05, 4.69) is 15.9 Å². The molecule has 0 aliphatic rings. The van der Waals surface area contributed by atoms with Crippen LogP contribution in [0, 0.1) is 17.1 Å². The molecule has 0 N–H and O–H groups in total. The summed E-state index contributed by atoms with van der Waals surface area (Å²) in [5, 5.41) is 8.42. The lowest BCUT2D eigenvalue weighted by Crippen LogP contribution is -2.07. The number of alkyl halides is 3. The number of benzene rings is 1. The van der Waals surface area contributed by atoms with E-state index in [9.17, 15) is 17.6 Å². The molecule has 0 heterocycles. The summed E-state index contributed by atoms with van der Waals surface area (Å²) in [7, 11) is 0. The molecule has 0 radical (unpaired) electrons. The molecule has 0 amide bonds. The molecular formula is C8H2BrF4N. The zero-order chi connectivity index (χ0) is 10.9. The van der Waals surface area contributed by atoms with Crippen LogP contribution in [-0.2, 0) is 6.18 Å². The zero-order valence-electron chi connectivity index (χ0n) is 6.49. The van der Waals surface area contributed by atoms with Crippen LogP contribution < -0.4 is 0 Å². The van der Waals surface area contributed by atoms with Crippen LogP contribution in [0.3, 0.4) is 0 Å². The molecular weight excluding hydrogens is 266 g/mol. The Morgan fingerprint density at radius 2 is 1.86 bits per heavy atom. The first-order valence-electron chi connectivity index (χ1n) is 3.32. The van der Waals surface area contributed by atoms with Gasteiger partial charge in [0, 0.05) is 4.47 Å². The van der Waals surface area contributed by atoms with Crippen LogP contribution in [0.15, 0.2) is 16.6 Å². The van der Waals surface area contributed by atoms with Crippen LogP contribution in [-0.4, -0.2) is 0 Å². The predicted octanol–water partition coefficient (Wildman–Crippen LogP) is 3.48. The topological polar surface area (TPSA) is 23.8 Å². The van der Waals surface area contributed by atoms with Crippen LogP contribution in [0.25, 0.3) is 0 Å². The number of hydrogen-bond donors (Lipinski definition) is 0. The highest BCUT2D eigenvalue weighted by Crippen LogP contribution is 2.36. The Balaban J connectivity index is 3.47. The quantitative estimate of drug-likeness (QED) is 0.661. The van der Waals surface area contributed by atoms with E-state index >= 15 is 0 Å². The van der Waals surface area contributed by atoms with Crippen molar-refractivity contribution in [3.8, 4) is 6.07 Å². The molecule has 1 nitrogen and oxygen atoms in total. The van der Waals surface area contributed by atoms with Crippen molar-refractivity contribution in [3.05, 3.63) is 33.5 Å². The van der Waals surface area contributed by atoms with Crippen LogP contribution >= 0.6 is 15.9 Å². The summed E-state index contributed by atoms with van der Waals surface area (Å²) in [5.41, 5.74) is -1.56. The molecule has 0 spiro atoms. The van der Waals surface area contributed by atoms with Gasteiger partial charge in [0.1, 0.15) is 11.9 Å². The normalized spacial score (nSPS) is 11.1. The smallest absolute Gasteiger partial charge is 0.207 e. The van der Waals surface area contributed by atoms with Gasteiger partial charge in [-0.2, -0.15) is 18.4 Å². The van der Waals surface area contributed by atoms with E-state index in [-0.39, 0.29) is 5.56 Å². The first kappa shape index (κ1) is 11.0. The molecule has 74 valence electrons. The van der Waals surface area contributed by atoms with Gasteiger partial charge in [-0.25, -0.2) is 4.39 Å². The minimum absolute atomic E-state index is 0.338. The molecule has 1 aromatic carbocycles. The maximum Gasteiger partial charge on any atom is 0.417 e. The van der Waals surface area contributed by atoms with Gasteiger partial charge in [0.25, 0.3) is 0 Å². The highest BCUT2D eigenvalue weighted by molar-refractivity contribution is 9.10. The van der Waals surface area contributed by atoms with E-state index in [4.69, 9.17) is 5.26 Å². The van der Waals surface area contributed by atoms with Crippen molar-refractivity contribution in [2.45, 2.75) is 6.18 Å². The molecule has 1 rings (SSSR count). The summed E-state index contributed by atoms with van der Waals surface area (Å²) < 4.78 is 48.9. The van der Waals surface area contributed by atoms with E-state index < -0.39 is 22.0 Å². The van der Waals surface area contributed by atoms with Gasteiger partial charge in [0.05, 0.1) is 11.1 Å². The fourth-order valence-corrected chi connectivity index (χ4v) is 1.42. The molecule has 0 saturated carbocycles. The van der Waals surface area contributed by atoms with E-state index in [0.717, 1.165) is 6.07 Å². The molecule has 14 heavy (non-hydrogen) atoms. The zero-order valence-corrected chi connectivity index (χ0v) is 8.08. The SMILES string of the molecule is N#Cc1cc(F)cc(C(F)(F)F)c1Br. The van der Waals surface area contributed by atoms with Crippen LogP contribution in [0.2, 0.25) is 0 Å². The Hall–Kier alpha value is -1.09. The van der Waals surface area contributed by atoms with Gasteiger partial charge < -0.3 is 0 Å². The Bertz CT molecular complexity index is 405. The van der Waals surface area contributed by atoms with Crippen molar-refractivity contribution < 1.29 is 17.6 Å². The molecule has 0 aliphatic carbocycles. The lowest BCUT2D eigenvalue weighted by molar-refractivity contribution is -0.138. The lowest BCUT2D eigenvalue weighted by Gasteiger charge is -2.09. The lowest BCUT2D eigenvalue weighted by atomic mass is 10.1. The number of halogens is 5. The molecule has 0 atom stereocenters. The molecule has 0 unspecified atom stereocenters. The third-order valence-corrected chi connectivity index (χ3v) is 2.32. The number of nitrogens with zero attached hydrogens (tertiary/aromatic N) is 1. The minimum Gasteiger partial charge on any atom is -0.207 e. The third-order valence-electron chi connectivity index (χ3n) is 1.46. The van der Waals surface area contributed by atoms with Crippen molar-refractivity contribution in [2.24, 2.45) is 0 Å². The minimum atomic E-state index is -4.67. The fourth-order valence-electron chi connectivity index (χ4n) is 0.877. The molecule has 0 saturated heterocycles. The van der Waals surface area contributed by atoms with Gasteiger partial charge in [0.2, 0.25) is 0 Å². The Morgan fingerprint density at radius 1 is 1.29 bits per heavy atom. The Labute approximate surface area is 85.1 Å². The summed E-state index contributed by atoms with van der Waals surface area (Å²) in [6.07, 6.45) is -4.67. The Kier molecular flexibility index (Phi) is 2.81. The number of rotatable bonds is 0. The van der Waals surface area contributed by atoms with E-state index in [1.807, 2.05) is 0 Å². The molecule has 0 bridgehead atoms. The second-order valence-electron chi connectivity index (χ2n) is 2.42. The van der Waals surface area contributed by atoms with Gasteiger partial charge in [-0.1, -0.05) is 0 Å². The largest absolute Gasteiger partial charge is 0.417 e. The molecule has 0 fully saturated rings. The summed E-state index contributed by atoms with van der Waals surface area (Å²) >= 11 is 2.60. The first-order chi connectivity index (χ1) is 6.36. The average Bonchev–Trinajstić information content (AvgIpc) is 2.06. The van der Waals surface area contributed by atoms with Crippen molar-refractivity contribution in [3.63, 3.8) is 0 Å². The maximum absolute atomic E-state index is 12.7. The standard InChI is InChI=1S/C8H2BrF4N/c9-7-4(3-14)1-5(10)2-6(7)8(11,12)13/h1-2H. The maximum atomic E-state index is 12.7. The van der Waals surface area contributed by atoms with Crippen molar-refractivity contribution in [2.75, 3.05) is 0 Å². The van der Waals surface area contributed by atoms with Crippen molar-refractivity contribution in [1.82, 2.24) is 0 Å². The molecule has 6 heteroatoms. The number of nitriles is 1. The van der Waals surface area contributed by atoms with Crippen LogP contribution in [0.1, 0.15) is 11.1 Å². The van der Waals surface area contributed by atoms with Crippen molar-refractivity contribution in [1.29, 1.82) is 5.26 Å². The van der Waals surface area contributed by atoms with Gasteiger partial charge in [0.15, 0.2) is 0 Å². The van der Waals surface area contributed by atoms with Gasteiger partial charge in [-0.3, -0.25) is 0 Å². The summed E-state index contributed by atoms with van der Waals surface area (Å²) in [4.78, 5) is 0. The van der Waals surface area contributed by atoms with E-state index in [1.165, 1.54) is 6.07 Å². The highest BCUT2D eigenvalue weighted by Gasteiger charge is 2.34. The number of hydrogen-bond acceptors (Lipinski definition) is 1. The summed E-state index contributed by atoms with van der Waals surface area (Å²) in [6.45, 7) is 0. The summed E-state index contributed by atoms with van der Waals surface area (Å²) in [5.74, 6) is -1.09. The van der Waals surface area contributed by atoms with E-state index in [0.29, 0.717) is 6.07 Å². The Morgan fingerprint density at radius 3 is 2.29 bits per heavy atom. The van der Waals surface area contributed by atoms with Gasteiger partial charge >= 0.3 is 6.18 Å². The van der Waals surface area contributed by atoms with E-state index in [1.54, 1.807) is 0 Å². The molecule has 0 aliphatic heterocycles. The van der Waals surface area contributed by atoms with Gasteiger partial charge in [-0.15, -0.1) is 0 Å². The average molecular weight is 268 g/mol. The first-order valence-corrected chi connectivity index (χ1v) is 4.12. The van der Waals surface area contributed by atoms with Crippen LogP contribution in [0.5, 0.6) is 0 Å². The van der Waals surface area contributed by atoms with Crippen molar-refractivity contribution >= 4 is 15.9 Å². The predicted molar refractivity (Wildman–Crippen MR) is 43.8 cm³/mol. The van der Waals surface area contributed by atoms with Crippen LogP contribution in [0.4, 0.5) is 17.6 Å². The second kappa shape index (κ2) is 3.58. The molecule has 0 aromatic heterocycles. The second-order valence-corrected chi connectivity index (χ2v) is 3.22.